The Morgan fingerprint density at radius 3 is 2.78 bits per heavy atom. The molecule has 0 saturated carbocycles. The molecule has 2 heterocycles. The Hall–Kier alpha value is -1.14. The van der Waals surface area contributed by atoms with Crippen LogP contribution in [0.2, 0.25) is 5.28 Å². The van der Waals surface area contributed by atoms with Crippen LogP contribution in [0.4, 0.5) is 5.82 Å². The van der Waals surface area contributed by atoms with Crippen LogP contribution in [0.3, 0.4) is 0 Å². The summed E-state index contributed by atoms with van der Waals surface area (Å²) in [5.74, 6) is 1.44. The Morgan fingerprint density at radius 2 is 2.17 bits per heavy atom. The Bertz CT molecular complexity index is 553. The van der Waals surface area contributed by atoms with Gasteiger partial charge in [0, 0.05) is 11.8 Å². The molecule has 2 rings (SSSR count). The molecule has 2 aromatic heterocycles. The Morgan fingerprint density at radius 1 is 1.44 bits per heavy atom. The summed E-state index contributed by atoms with van der Waals surface area (Å²) < 4.78 is 5.90. The van der Waals surface area contributed by atoms with E-state index in [1.165, 1.54) is 0 Å². The third-order valence-electron chi connectivity index (χ3n) is 2.59. The zero-order valence-electron chi connectivity index (χ0n) is 10.2. The van der Waals surface area contributed by atoms with Crippen LogP contribution in [-0.4, -0.2) is 15.1 Å². The van der Waals surface area contributed by atoms with Gasteiger partial charge in [0.25, 0.3) is 0 Å². The zero-order chi connectivity index (χ0) is 13.3. The molecule has 0 bridgehead atoms. The predicted molar refractivity (Wildman–Crippen MR) is 72.8 cm³/mol. The standard InChI is InChI=1S/C11H12BrClN4O/c1-5(9-6(2)17-18-7(9)3)15-10-8(12)4-14-11(13)16-10/h4-5H,1-3H3,(H,14,15,16). The van der Waals surface area contributed by atoms with E-state index in [1.54, 1.807) is 6.20 Å². The van der Waals surface area contributed by atoms with Gasteiger partial charge in [-0.1, -0.05) is 5.16 Å². The summed E-state index contributed by atoms with van der Waals surface area (Å²) in [7, 11) is 0. The van der Waals surface area contributed by atoms with Gasteiger partial charge in [-0.15, -0.1) is 0 Å². The van der Waals surface area contributed by atoms with E-state index in [0.717, 1.165) is 21.5 Å². The second-order valence-electron chi connectivity index (χ2n) is 3.94. The molecule has 18 heavy (non-hydrogen) atoms. The molecule has 0 aliphatic heterocycles. The number of nitrogens with one attached hydrogen (secondary N) is 1. The first-order valence-corrected chi connectivity index (χ1v) is 6.53. The van der Waals surface area contributed by atoms with Crippen LogP contribution >= 0.6 is 27.5 Å². The third-order valence-corrected chi connectivity index (χ3v) is 3.35. The fourth-order valence-corrected chi connectivity index (χ4v) is 2.27. The van der Waals surface area contributed by atoms with E-state index in [0.29, 0.717) is 5.82 Å². The fraction of sp³-hybridized carbons (Fsp3) is 0.364. The SMILES string of the molecule is Cc1noc(C)c1C(C)Nc1nc(Cl)ncc1Br. The lowest BCUT2D eigenvalue weighted by Gasteiger charge is -2.15. The van der Waals surface area contributed by atoms with Gasteiger partial charge in [0.15, 0.2) is 0 Å². The topological polar surface area (TPSA) is 63.8 Å². The average molecular weight is 332 g/mol. The molecule has 0 aliphatic rings. The third kappa shape index (κ3) is 2.64. The molecule has 0 amide bonds. The highest BCUT2D eigenvalue weighted by Crippen LogP contribution is 2.28. The number of rotatable bonds is 3. The number of anilines is 1. The van der Waals surface area contributed by atoms with Crippen LogP contribution in [0.1, 0.15) is 30.0 Å². The van der Waals surface area contributed by atoms with Gasteiger partial charge in [-0.3, -0.25) is 0 Å². The molecule has 7 heteroatoms. The summed E-state index contributed by atoms with van der Waals surface area (Å²) in [5.41, 5.74) is 1.89. The van der Waals surface area contributed by atoms with Crippen molar-refractivity contribution >= 4 is 33.3 Å². The molecule has 0 fully saturated rings. The quantitative estimate of drug-likeness (QED) is 0.869. The minimum Gasteiger partial charge on any atom is -0.362 e. The van der Waals surface area contributed by atoms with Gasteiger partial charge < -0.3 is 9.84 Å². The largest absolute Gasteiger partial charge is 0.362 e. The lowest BCUT2D eigenvalue weighted by atomic mass is 10.1. The Balaban J connectivity index is 2.26. The summed E-state index contributed by atoms with van der Waals surface area (Å²) in [6.07, 6.45) is 1.61. The minimum absolute atomic E-state index is 0.0125. The first-order chi connectivity index (χ1) is 8.49. The van der Waals surface area contributed by atoms with Gasteiger partial charge in [-0.25, -0.2) is 4.98 Å². The number of hydrogen-bond acceptors (Lipinski definition) is 5. The normalized spacial score (nSPS) is 12.5. The predicted octanol–water partition coefficient (Wildman–Crippen LogP) is 3.67. The van der Waals surface area contributed by atoms with Crippen LogP contribution in [0.5, 0.6) is 0 Å². The van der Waals surface area contributed by atoms with Crippen LogP contribution in [0.15, 0.2) is 15.2 Å². The highest BCUT2D eigenvalue weighted by atomic mass is 79.9. The van der Waals surface area contributed by atoms with Gasteiger partial charge in [0.05, 0.1) is 16.2 Å². The average Bonchev–Trinajstić information content (AvgIpc) is 2.63. The highest BCUT2D eigenvalue weighted by molar-refractivity contribution is 9.10. The van der Waals surface area contributed by atoms with Crippen molar-refractivity contribution in [3.63, 3.8) is 0 Å². The monoisotopic (exact) mass is 330 g/mol. The molecule has 5 nitrogen and oxygen atoms in total. The molecule has 1 unspecified atom stereocenters. The number of halogens is 2. The van der Waals surface area contributed by atoms with Crippen molar-refractivity contribution in [2.75, 3.05) is 5.32 Å². The summed E-state index contributed by atoms with van der Waals surface area (Å²) in [4.78, 5) is 8.01. The van der Waals surface area contributed by atoms with Crippen molar-refractivity contribution < 1.29 is 4.52 Å². The van der Waals surface area contributed by atoms with E-state index >= 15 is 0 Å². The van der Waals surface area contributed by atoms with Crippen LogP contribution in [0.25, 0.3) is 0 Å². The molecule has 96 valence electrons. The van der Waals surface area contributed by atoms with Gasteiger partial charge in [-0.2, -0.15) is 4.98 Å². The smallest absolute Gasteiger partial charge is 0.224 e. The minimum atomic E-state index is 0.0125. The first-order valence-electron chi connectivity index (χ1n) is 5.36. The summed E-state index contributed by atoms with van der Waals surface area (Å²) in [6.45, 7) is 5.80. The molecule has 1 N–H and O–H groups in total. The summed E-state index contributed by atoms with van der Waals surface area (Å²) >= 11 is 9.15. The molecule has 0 aromatic carbocycles. The summed E-state index contributed by atoms with van der Waals surface area (Å²) in [5, 5.41) is 7.39. The maximum atomic E-state index is 5.77. The Kier molecular flexibility index (Phi) is 3.87. The van der Waals surface area contributed by atoms with Crippen LogP contribution in [0, 0.1) is 13.8 Å². The highest BCUT2D eigenvalue weighted by Gasteiger charge is 2.17. The van der Waals surface area contributed by atoms with Crippen molar-refractivity contribution in [2.45, 2.75) is 26.8 Å². The summed E-state index contributed by atoms with van der Waals surface area (Å²) in [6, 6.07) is 0.0125. The molecular weight excluding hydrogens is 320 g/mol. The van der Waals surface area contributed by atoms with Crippen molar-refractivity contribution in [2.24, 2.45) is 0 Å². The van der Waals surface area contributed by atoms with E-state index in [2.05, 4.69) is 36.4 Å². The molecule has 0 spiro atoms. The van der Waals surface area contributed by atoms with E-state index in [9.17, 15) is 0 Å². The first kappa shape index (κ1) is 13.3. The fourth-order valence-electron chi connectivity index (χ4n) is 1.83. The van der Waals surface area contributed by atoms with E-state index in [-0.39, 0.29) is 11.3 Å². The second-order valence-corrected chi connectivity index (χ2v) is 5.13. The lowest BCUT2D eigenvalue weighted by Crippen LogP contribution is -2.10. The van der Waals surface area contributed by atoms with Crippen molar-refractivity contribution in [3.8, 4) is 0 Å². The van der Waals surface area contributed by atoms with Crippen molar-refractivity contribution in [3.05, 3.63) is 33.0 Å². The maximum absolute atomic E-state index is 5.77. The molecule has 0 radical (unpaired) electrons. The molecule has 2 aromatic rings. The molecule has 1 atom stereocenters. The molecule has 0 saturated heterocycles. The number of aryl methyl sites for hydroxylation is 2. The van der Waals surface area contributed by atoms with Crippen LogP contribution < -0.4 is 5.32 Å². The zero-order valence-corrected chi connectivity index (χ0v) is 12.5. The Labute approximate surface area is 118 Å². The van der Waals surface area contributed by atoms with Gasteiger partial charge in [0.2, 0.25) is 5.28 Å². The van der Waals surface area contributed by atoms with Gasteiger partial charge in [-0.05, 0) is 48.3 Å². The molecular formula is C11H12BrClN4O. The number of nitrogens with zero attached hydrogens (tertiary/aromatic N) is 3. The van der Waals surface area contributed by atoms with Crippen molar-refractivity contribution in [1.29, 1.82) is 0 Å². The van der Waals surface area contributed by atoms with E-state index < -0.39 is 0 Å². The lowest BCUT2D eigenvalue weighted by molar-refractivity contribution is 0.392. The van der Waals surface area contributed by atoms with Crippen LogP contribution in [-0.2, 0) is 0 Å². The second kappa shape index (κ2) is 5.24. The number of hydrogen-bond donors (Lipinski definition) is 1. The molecule has 0 aliphatic carbocycles. The van der Waals surface area contributed by atoms with Gasteiger partial charge in [0.1, 0.15) is 11.6 Å². The number of aromatic nitrogens is 3. The van der Waals surface area contributed by atoms with Crippen molar-refractivity contribution in [1.82, 2.24) is 15.1 Å². The van der Waals surface area contributed by atoms with E-state index in [4.69, 9.17) is 16.1 Å². The van der Waals surface area contributed by atoms with Gasteiger partial charge >= 0.3 is 0 Å². The maximum Gasteiger partial charge on any atom is 0.224 e. The van der Waals surface area contributed by atoms with E-state index in [1.807, 2.05) is 20.8 Å².